The lowest BCUT2D eigenvalue weighted by atomic mass is 10.1. The van der Waals surface area contributed by atoms with Crippen LogP contribution in [-0.4, -0.2) is 9.97 Å². The molecule has 0 saturated heterocycles. The normalized spacial score (nSPS) is 10.3. The van der Waals surface area contributed by atoms with Crippen molar-refractivity contribution in [1.82, 2.24) is 9.97 Å². The Bertz CT molecular complexity index is 552. The fourth-order valence-corrected chi connectivity index (χ4v) is 1.50. The van der Waals surface area contributed by atoms with Crippen LogP contribution in [0.5, 0.6) is 11.8 Å². The van der Waals surface area contributed by atoms with Gasteiger partial charge in [0.2, 0.25) is 0 Å². The molecule has 0 aliphatic rings. The SMILES string of the molecule is Cc1ccnc(Oc2cc(C)c(N)cc2C)n1. The van der Waals surface area contributed by atoms with E-state index >= 15 is 0 Å². The summed E-state index contributed by atoms with van der Waals surface area (Å²) >= 11 is 0. The zero-order valence-electron chi connectivity index (χ0n) is 10.2. The smallest absolute Gasteiger partial charge is 0.322 e. The van der Waals surface area contributed by atoms with Crippen LogP contribution < -0.4 is 10.5 Å². The quantitative estimate of drug-likeness (QED) is 0.804. The van der Waals surface area contributed by atoms with E-state index in [-0.39, 0.29) is 0 Å². The van der Waals surface area contributed by atoms with Crippen molar-refractivity contribution in [2.75, 3.05) is 5.73 Å². The largest absolute Gasteiger partial charge is 0.424 e. The lowest BCUT2D eigenvalue weighted by Gasteiger charge is -2.09. The molecule has 0 aliphatic carbocycles. The molecule has 0 fully saturated rings. The van der Waals surface area contributed by atoms with E-state index in [0.717, 1.165) is 28.3 Å². The number of nitrogen functional groups attached to an aromatic ring is 1. The molecule has 0 atom stereocenters. The van der Waals surface area contributed by atoms with Crippen LogP contribution in [0.1, 0.15) is 16.8 Å². The minimum Gasteiger partial charge on any atom is -0.424 e. The Morgan fingerprint density at radius 2 is 1.88 bits per heavy atom. The minimum absolute atomic E-state index is 0.359. The van der Waals surface area contributed by atoms with E-state index in [1.54, 1.807) is 6.20 Å². The van der Waals surface area contributed by atoms with Gasteiger partial charge in [-0.05, 0) is 50.1 Å². The summed E-state index contributed by atoms with van der Waals surface area (Å²) in [5.74, 6) is 0.738. The maximum Gasteiger partial charge on any atom is 0.322 e. The van der Waals surface area contributed by atoms with Gasteiger partial charge in [-0.3, -0.25) is 0 Å². The molecule has 0 bridgehead atoms. The van der Waals surface area contributed by atoms with Gasteiger partial charge in [0.15, 0.2) is 0 Å². The standard InChI is InChI=1S/C13H15N3O/c1-8-7-12(9(2)6-11(8)14)17-13-15-5-4-10(3)16-13/h4-7H,14H2,1-3H3. The van der Waals surface area contributed by atoms with Crippen LogP contribution >= 0.6 is 0 Å². The summed E-state index contributed by atoms with van der Waals surface area (Å²) < 4.78 is 5.65. The number of anilines is 1. The molecule has 1 aromatic carbocycles. The molecular formula is C13H15N3O. The van der Waals surface area contributed by atoms with E-state index < -0.39 is 0 Å². The Morgan fingerprint density at radius 1 is 1.12 bits per heavy atom. The van der Waals surface area contributed by atoms with Crippen molar-refractivity contribution in [2.24, 2.45) is 0 Å². The van der Waals surface area contributed by atoms with Crippen LogP contribution in [0.3, 0.4) is 0 Å². The topological polar surface area (TPSA) is 61.0 Å². The molecule has 0 spiro atoms. The number of hydrogen-bond acceptors (Lipinski definition) is 4. The van der Waals surface area contributed by atoms with Gasteiger partial charge in [-0.1, -0.05) is 0 Å². The molecule has 88 valence electrons. The Balaban J connectivity index is 2.33. The number of aromatic nitrogens is 2. The predicted molar refractivity (Wildman–Crippen MR) is 67.2 cm³/mol. The van der Waals surface area contributed by atoms with Crippen LogP contribution in [0.2, 0.25) is 0 Å². The van der Waals surface area contributed by atoms with E-state index in [4.69, 9.17) is 10.5 Å². The fourth-order valence-electron chi connectivity index (χ4n) is 1.50. The monoisotopic (exact) mass is 229 g/mol. The highest BCUT2D eigenvalue weighted by Crippen LogP contribution is 2.27. The van der Waals surface area contributed by atoms with Crippen molar-refractivity contribution in [1.29, 1.82) is 0 Å². The number of ether oxygens (including phenoxy) is 1. The molecular weight excluding hydrogens is 214 g/mol. The average molecular weight is 229 g/mol. The summed E-state index contributed by atoms with van der Waals surface area (Å²) in [6, 6.07) is 5.97. The summed E-state index contributed by atoms with van der Waals surface area (Å²) in [5, 5.41) is 0. The molecule has 0 unspecified atom stereocenters. The molecule has 17 heavy (non-hydrogen) atoms. The molecule has 4 nitrogen and oxygen atoms in total. The van der Waals surface area contributed by atoms with Gasteiger partial charge < -0.3 is 10.5 Å². The van der Waals surface area contributed by atoms with Crippen LogP contribution in [0.4, 0.5) is 5.69 Å². The van der Waals surface area contributed by atoms with E-state index in [9.17, 15) is 0 Å². The van der Waals surface area contributed by atoms with Gasteiger partial charge in [0, 0.05) is 17.6 Å². The maximum atomic E-state index is 5.82. The minimum atomic E-state index is 0.359. The summed E-state index contributed by atoms with van der Waals surface area (Å²) in [4.78, 5) is 8.26. The first kappa shape index (κ1) is 11.4. The summed E-state index contributed by atoms with van der Waals surface area (Å²) in [7, 11) is 0. The number of hydrogen-bond donors (Lipinski definition) is 1. The second-order valence-corrected chi connectivity index (χ2v) is 4.06. The molecule has 2 aromatic rings. The van der Waals surface area contributed by atoms with Gasteiger partial charge in [0.1, 0.15) is 5.75 Å². The molecule has 2 rings (SSSR count). The Hall–Kier alpha value is -2.10. The van der Waals surface area contributed by atoms with Gasteiger partial charge in [0.05, 0.1) is 0 Å². The Morgan fingerprint density at radius 3 is 2.59 bits per heavy atom. The molecule has 4 heteroatoms. The van der Waals surface area contributed by atoms with Gasteiger partial charge >= 0.3 is 6.01 Å². The zero-order chi connectivity index (χ0) is 12.4. The first-order valence-electron chi connectivity index (χ1n) is 5.40. The summed E-state index contributed by atoms with van der Waals surface area (Å²) in [6.07, 6.45) is 1.68. The lowest BCUT2D eigenvalue weighted by Crippen LogP contribution is -1.97. The fraction of sp³-hybridized carbons (Fsp3) is 0.231. The van der Waals surface area contributed by atoms with Crippen molar-refractivity contribution in [3.63, 3.8) is 0 Å². The van der Waals surface area contributed by atoms with Crippen LogP contribution in [0, 0.1) is 20.8 Å². The van der Waals surface area contributed by atoms with Crippen LogP contribution in [0.15, 0.2) is 24.4 Å². The van der Waals surface area contributed by atoms with Crippen molar-refractivity contribution in [3.8, 4) is 11.8 Å². The zero-order valence-corrected chi connectivity index (χ0v) is 10.2. The second kappa shape index (κ2) is 4.41. The highest BCUT2D eigenvalue weighted by molar-refractivity contribution is 5.54. The third kappa shape index (κ3) is 2.53. The number of aryl methyl sites for hydroxylation is 3. The number of nitrogens with two attached hydrogens (primary N) is 1. The van der Waals surface area contributed by atoms with Gasteiger partial charge in [-0.25, -0.2) is 9.97 Å². The van der Waals surface area contributed by atoms with Crippen molar-refractivity contribution in [3.05, 3.63) is 41.2 Å². The molecule has 1 aromatic heterocycles. The van der Waals surface area contributed by atoms with Gasteiger partial charge in [-0.15, -0.1) is 0 Å². The van der Waals surface area contributed by atoms with Crippen molar-refractivity contribution in [2.45, 2.75) is 20.8 Å². The molecule has 0 aliphatic heterocycles. The molecule has 0 radical (unpaired) electrons. The molecule has 0 amide bonds. The van der Waals surface area contributed by atoms with Gasteiger partial charge in [0.25, 0.3) is 0 Å². The first-order chi connectivity index (χ1) is 8.06. The van der Waals surface area contributed by atoms with E-state index in [2.05, 4.69) is 9.97 Å². The van der Waals surface area contributed by atoms with Crippen LogP contribution in [-0.2, 0) is 0 Å². The van der Waals surface area contributed by atoms with E-state index in [1.807, 2.05) is 39.0 Å². The third-order valence-electron chi connectivity index (χ3n) is 2.54. The van der Waals surface area contributed by atoms with E-state index in [1.165, 1.54) is 0 Å². The Labute approximate surface area is 100 Å². The maximum absolute atomic E-state index is 5.82. The highest BCUT2D eigenvalue weighted by Gasteiger charge is 2.06. The molecule has 0 saturated carbocycles. The number of nitrogens with zero attached hydrogens (tertiary/aromatic N) is 2. The molecule has 2 N–H and O–H groups in total. The first-order valence-corrected chi connectivity index (χ1v) is 5.40. The summed E-state index contributed by atoms with van der Waals surface area (Å²) in [6.45, 7) is 5.79. The number of benzene rings is 1. The summed E-state index contributed by atoms with van der Waals surface area (Å²) in [5.41, 5.74) is 9.41. The third-order valence-corrected chi connectivity index (χ3v) is 2.54. The second-order valence-electron chi connectivity index (χ2n) is 4.06. The van der Waals surface area contributed by atoms with Crippen LogP contribution in [0.25, 0.3) is 0 Å². The highest BCUT2D eigenvalue weighted by atomic mass is 16.5. The van der Waals surface area contributed by atoms with Crippen molar-refractivity contribution >= 4 is 5.69 Å². The number of rotatable bonds is 2. The van der Waals surface area contributed by atoms with E-state index in [0.29, 0.717) is 6.01 Å². The van der Waals surface area contributed by atoms with Crippen molar-refractivity contribution < 1.29 is 4.74 Å². The lowest BCUT2D eigenvalue weighted by molar-refractivity contribution is 0.437. The Kier molecular flexibility index (Phi) is 2.95. The predicted octanol–water partition coefficient (Wildman–Crippen LogP) is 2.78. The average Bonchev–Trinajstić information content (AvgIpc) is 2.26. The molecule has 1 heterocycles. The van der Waals surface area contributed by atoms with Gasteiger partial charge in [-0.2, -0.15) is 0 Å².